The van der Waals surface area contributed by atoms with Gasteiger partial charge in [0, 0.05) is 6.42 Å². The Hall–Kier alpha value is -1.51. The summed E-state index contributed by atoms with van der Waals surface area (Å²) in [6, 6.07) is 6.28. The maximum absolute atomic E-state index is 11.0. The van der Waals surface area contributed by atoms with Crippen molar-refractivity contribution in [1.29, 1.82) is 0 Å². The Balaban J connectivity index is 2.51. The Bertz CT molecular complexity index is 397. The van der Waals surface area contributed by atoms with Crippen molar-refractivity contribution in [1.82, 2.24) is 0 Å². The minimum Gasteiger partial charge on any atom is -0.493 e. The number of ether oxygens (including phenoxy) is 2. The predicted octanol–water partition coefficient (Wildman–Crippen LogP) is 3.45. The fourth-order valence-corrected chi connectivity index (χ4v) is 1.63. The number of carbonyl (C=O) groups is 1. The number of hydrogen-bond donors (Lipinski definition) is 0. The molecule has 3 nitrogen and oxygen atoms in total. The highest BCUT2D eigenvalue weighted by atomic mass is 16.5. The molecule has 18 heavy (non-hydrogen) atoms. The number of aryl methyl sites for hydroxylation is 1. The summed E-state index contributed by atoms with van der Waals surface area (Å²) in [7, 11) is 1.40. The van der Waals surface area contributed by atoms with Gasteiger partial charge in [0.15, 0.2) is 0 Å². The van der Waals surface area contributed by atoms with Gasteiger partial charge in [-0.05, 0) is 36.5 Å². The molecule has 0 unspecified atom stereocenters. The second-order valence-corrected chi connectivity index (χ2v) is 4.71. The molecule has 0 radical (unpaired) electrons. The van der Waals surface area contributed by atoms with E-state index in [2.05, 4.69) is 36.8 Å². The topological polar surface area (TPSA) is 35.5 Å². The molecule has 3 heteroatoms. The van der Waals surface area contributed by atoms with Crippen molar-refractivity contribution in [3.8, 4) is 5.75 Å². The van der Waals surface area contributed by atoms with E-state index >= 15 is 0 Å². The van der Waals surface area contributed by atoms with E-state index in [0.29, 0.717) is 25.4 Å². The molecular weight excluding hydrogens is 228 g/mol. The van der Waals surface area contributed by atoms with Gasteiger partial charge in [-0.2, -0.15) is 0 Å². The molecule has 0 aromatic heterocycles. The fourth-order valence-electron chi connectivity index (χ4n) is 1.63. The quantitative estimate of drug-likeness (QED) is 0.573. The molecule has 0 amide bonds. The van der Waals surface area contributed by atoms with Crippen LogP contribution in [0.2, 0.25) is 0 Å². The van der Waals surface area contributed by atoms with Gasteiger partial charge in [-0.15, -0.1) is 0 Å². The van der Waals surface area contributed by atoms with Crippen molar-refractivity contribution in [2.45, 2.75) is 39.5 Å². The summed E-state index contributed by atoms with van der Waals surface area (Å²) >= 11 is 0. The average Bonchev–Trinajstić information content (AvgIpc) is 2.35. The molecule has 0 spiro atoms. The second-order valence-electron chi connectivity index (χ2n) is 4.71. The first-order valence-electron chi connectivity index (χ1n) is 6.34. The third-order valence-corrected chi connectivity index (χ3v) is 2.89. The summed E-state index contributed by atoms with van der Waals surface area (Å²) in [6.07, 6.45) is 1.08. The van der Waals surface area contributed by atoms with Gasteiger partial charge in [-0.3, -0.25) is 4.79 Å². The van der Waals surface area contributed by atoms with E-state index in [1.165, 1.54) is 12.7 Å². The lowest BCUT2D eigenvalue weighted by atomic mass is 10.0. The summed E-state index contributed by atoms with van der Waals surface area (Å²) in [5.41, 5.74) is 2.39. The number of hydrogen-bond acceptors (Lipinski definition) is 3. The largest absolute Gasteiger partial charge is 0.493 e. The number of esters is 1. The minimum atomic E-state index is -0.189. The summed E-state index contributed by atoms with van der Waals surface area (Å²) in [5, 5.41) is 0. The van der Waals surface area contributed by atoms with Crippen molar-refractivity contribution in [3.05, 3.63) is 29.3 Å². The van der Waals surface area contributed by atoms with Crippen LogP contribution in [0.1, 0.15) is 43.7 Å². The van der Waals surface area contributed by atoms with E-state index in [9.17, 15) is 4.79 Å². The zero-order chi connectivity index (χ0) is 13.5. The highest BCUT2D eigenvalue weighted by Crippen LogP contribution is 2.24. The molecule has 0 saturated carbocycles. The van der Waals surface area contributed by atoms with Crippen molar-refractivity contribution in [2.24, 2.45) is 0 Å². The standard InChI is InChI=1S/C15H22O3/c1-11(2)13-8-7-12(3)14(10-13)18-9-5-6-15(16)17-4/h7-8,10-11H,5-6,9H2,1-4H3. The van der Waals surface area contributed by atoms with Gasteiger partial charge < -0.3 is 9.47 Å². The molecule has 0 N–H and O–H groups in total. The monoisotopic (exact) mass is 250 g/mol. The van der Waals surface area contributed by atoms with E-state index in [0.717, 1.165) is 11.3 Å². The Morgan fingerprint density at radius 2 is 2.06 bits per heavy atom. The summed E-state index contributed by atoms with van der Waals surface area (Å²) in [4.78, 5) is 11.0. The first kappa shape index (κ1) is 14.6. The van der Waals surface area contributed by atoms with Gasteiger partial charge in [0.25, 0.3) is 0 Å². The molecule has 0 aliphatic rings. The third kappa shape index (κ3) is 4.40. The van der Waals surface area contributed by atoms with Crippen LogP contribution in [0, 0.1) is 6.92 Å². The van der Waals surface area contributed by atoms with Crippen LogP contribution in [-0.4, -0.2) is 19.7 Å². The van der Waals surface area contributed by atoms with Crippen LogP contribution in [-0.2, 0) is 9.53 Å². The summed E-state index contributed by atoms with van der Waals surface area (Å²) in [5.74, 6) is 1.21. The maximum Gasteiger partial charge on any atom is 0.305 e. The second kappa shape index (κ2) is 7.04. The SMILES string of the molecule is COC(=O)CCCOc1cc(C(C)C)ccc1C. The number of carbonyl (C=O) groups excluding carboxylic acids is 1. The third-order valence-electron chi connectivity index (χ3n) is 2.89. The van der Waals surface area contributed by atoms with E-state index in [-0.39, 0.29) is 5.97 Å². The lowest BCUT2D eigenvalue weighted by Gasteiger charge is -2.12. The molecule has 0 atom stereocenters. The van der Waals surface area contributed by atoms with Gasteiger partial charge in [0.05, 0.1) is 13.7 Å². The van der Waals surface area contributed by atoms with E-state index in [4.69, 9.17) is 4.74 Å². The number of methoxy groups -OCH3 is 1. The van der Waals surface area contributed by atoms with Crippen molar-refractivity contribution in [2.75, 3.05) is 13.7 Å². The zero-order valence-electron chi connectivity index (χ0n) is 11.7. The maximum atomic E-state index is 11.0. The highest BCUT2D eigenvalue weighted by Gasteiger charge is 2.05. The van der Waals surface area contributed by atoms with Crippen LogP contribution in [0.5, 0.6) is 5.75 Å². The molecule has 0 fully saturated rings. The van der Waals surface area contributed by atoms with Gasteiger partial charge in [0.2, 0.25) is 0 Å². The van der Waals surface area contributed by atoms with Crippen LogP contribution >= 0.6 is 0 Å². The lowest BCUT2D eigenvalue weighted by Crippen LogP contribution is -2.05. The van der Waals surface area contributed by atoms with Crippen molar-refractivity contribution < 1.29 is 14.3 Å². The highest BCUT2D eigenvalue weighted by molar-refractivity contribution is 5.69. The van der Waals surface area contributed by atoms with E-state index in [1.54, 1.807) is 0 Å². The van der Waals surface area contributed by atoms with Crippen LogP contribution in [0.25, 0.3) is 0 Å². The van der Waals surface area contributed by atoms with Crippen LogP contribution in [0.4, 0.5) is 0 Å². The van der Waals surface area contributed by atoms with Gasteiger partial charge in [-0.25, -0.2) is 0 Å². The molecule has 0 bridgehead atoms. The molecule has 0 saturated heterocycles. The first-order chi connectivity index (χ1) is 8.54. The Morgan fingerprint density at radius 1 is 1.33 bits per heavy atom. The zero-order valence-corrected chi connectivity index (χ0v) is 11.7. The first-order valence-corrected chi connectivity index (χ1v) is 6.34. The lowest BCUT2D eigenvalue weighted by molar-refractivity contribution is -0.140. The predicted molar refractivity (Wildman–Crippen MR) is 72.0 cm³/mol. The van der Waals surface area contributed by atoms with Gasteiger partial charge in [0.1, 0.15) is 5.75 Å². The van der Waals surface area contributed by atoms with Crippen LogP contribution in [0.3, 0.4) is 0 Å². The Labute approximate surface area is 109 Å². The summed E-state index contributed by atoms with van der Waals surface area (Å²) in [6.45, 7) is 6.88. The van der Waals surface area contributed by atoms with Crippen molar-refractivity contribution >= 4 is 5.97 Å². The van der Waals surface area contributed by atoms with Crippen molar-refractivity contribution in [3.63, 3.8) is 0 Å². The molecule has 1 aromatic rings. The normalized spacial score (nSPS) is 10.5. The molecular formula is C15H22O3. The Morgan fingerprint density at radius 3 is 2.67 bits per heavy atom. The van der Waals surface area contributed by atoms with Crippen LogP contribution in [0.15, 0.2) is 18.2 Å². The van der Waals surface area contributed by atoms with Gasteiger partial charge in [-0.1, -0.05) is 26.0 Å². The minimum absolute atomic E-state index is 0.189. The fraction of sp³-hybridized carbons (Fsp3) is 0.533. The average molecular weight is 250 g/mol. The number of benzene rings is 1. The summed E-state index contributed by atoms with van der Waals surface area (Å²) < 4.78 is 10.3. The van der Waals surface area contributed by atoms with Gasteiger partial charge >= 0.3 is 5.97 Å². The molecule has 0 aliphatic carbocycles. The van der Waals surface area contributed by atoms with E-state index < -0.39 is 0 Å². The smallest absolute Gasteiger partial charge is 0.305 e. The number of rotatable bonds is 6. The van der Waals surface area contributed by atoms with Crippen LogP contribution < -0.4 is 4.74 Å². The molecule has 1 aromatic carbocycles. The Kier molecular flexibility index (Phi) is 5.69. The molecule has 100 valence electrons. The van der Waals surface area contributed by atoms with E-state index in [1.807, 2.05) is 6.92 Å². The molecule has 1 rings (SSSR count). The molecule has 0 heterocycles. The molecule has 0 aliphatic heterocycles.